The number of ether oxygens (including phenoxy) is 2. The van der Waals surface area contributed by atoms with Gasteiger partial charge in [-0.2, -0.15) is 0 Å². The summed E-state index contributed by atoms with van der Waals surface area (Å²) in [5, 5.41) is 39.4. The number of hydrogen-bond donors (Lipinski definition) is 6. The summed E-state index contributed by atoms with van der Waals surface area (Å²) in [5.74, 6) is -0.572. The Balaban J connectivity index is 1.20. The van der Waals surface area contributed by atoms with Gasteiger partial charge in [-0.1, -0.05) is 72.8 Å². The standard InChI is InChI=1S/C46H45N3O9/c1-26(53)47-40-17-13-28-20-29(22-50)37(23-51)38(24-52)44(28)35-16-18-41(43(54)21-36(35)40)48-45(55)42(19-27-11-14-30(57-2)15-12-27)49-46(56)58-25-39-33-9-5-3-7-31(33)32-8-4-6-10-34(32)39/h3-12,14-16,18,20-21,39-40,42,50-52H,13,17,19,22-25H2,1-2H3,(H,47,53)(H,49,56)(H,48,54,55)/t40-,42?/m0/s1. The van der Waals surface area contributed by atoms with Crippen molar-refractivity contribution in [2.45, 2.75) is 64.0 Å². The molecule has 12 heteroatoms. The highest BCUT2D eigenvalue weighted by Gasteiger charge is 2.31. The SMILES string of the molecule is COc1ccc(CC(NC(=O)OCC2c3ccccc3-c3ccccc32)C(=O)Nc2ccc3c(cc2=O)[C@@H](NC(C)=O)CCc2cc(CO)c(CO)c(CO)c2-3)cc1. The van der Waals surface area contributed by atoms with E-state index in [0.29, 0.717) is 57.5 Å². The molecule has 0 saturated heterocycles. The number of carbonyl (C=O) groups is 3. The van der Waals surface area contributed by atoms with Crippen molar-refractivity contribution in [2.75, 3.05) is 19.0 Å². The highest BCUT2D eigenvalue weighted by Crippen LogP contribution is 2.45. The molecule has 2 aliphatic rings. The maximum atomic E-state index is 14.2. The Hall–Kier alpha value is -6.34. The second-order valence-electron chi connectivity index (χ2n) is 14.5. The van der Waals surface area contributed by atoms with Gasteiger partial charge in [-0.3, -0.25) is 14.4 Å². The zero-order chi connectivity index (χ0) is 40.9. The fourth-order valence-corrected chi connectivity index (χ4v) is 8.27. The van der Waals surface area contributed by atoms with Gasteiger partial charge in [0.1, 0.15) is 18.4 Å². The highest BCUT2D eigenvalue weighted by atomic mass is 16.5. The van der Waals surface area contributed by atoms with Crippen molar-refractivity contribution >= 4 is 23.6 Å². The first-order valence-electron chi connectivity index (χ1n) is 19.1. The molecule has 5 aromatic carbocycles. The third-order valence-electron chi connectivity index (χ3n) is 11.0. The van der Waals surface area contributed by atoms with Crippen LogP contribution < -0.4 is 26.1 Å². The molecule has 12 nitrogen and oxygen atoms in total. The number of nitrogens with one attached hydrogen (secondary N) is 3. The zero-order valence-corrected chi connectivity index (χ0v) is 32.2. The number of amides is 3. The molecule has 2 atom stereocenters. The second-order valence-corrected chi connectivity index (χ2v) is 14.5. The molecule has 0 saturated carbocycles. The van der Waals surface area contributed by atoms with Crippen molar-refractivity contribution in [3.63, 3.8) is 0 Å². The molecule has 0 bridgehead atoms. The molecular weight excluding hydrogens is 739 g/mol. The van der Waals surface area contributed by atoms with E-state index >= 15 is 0 Å². The third kappa shape index (κ3) is 8.08. The van der Waals surface area contributed by atoms with Crippen LogP contribution in [-0.4, -0.2) is 53.0 Å². The third-order valence-corrected chi connectivity index (χ3v) is 11.0. The Kier molecular flexibility index (Phi) is 12.0. The van der Waals surface area contributed by atoms with Crippen LogP contribution in [0.25, 0.3) is 22.3 Å². The quantitative estimate of drug-likeness (QED) is 0.0964. The molecule has 3 amide bonds. The first-order valence-corrected chi connectivity index (χ1v) is 19.1. The summed E-state index contributed by atoms with van der Waals surface area (Å²) in [4.78, 5) is 54.1. The van der Waals surface area contributed by atoms with Gasteiger partial charge in [0.2, 0.25) is 17.2 Å². The second kappa shape index (κ2) is 17.4. The van der Waals surface area contributed by atoms with Gasteiger partial charge < -0.3 is 40.7 Å². The number of aliphatic hydroxyl groups excluding tert-OH is 3. The maximum Gasteiger partial charge on any atom is 0.407 e. The Bertz CT molecular complexity index is 2390. The fraction of sp³-hybridized carbons (Fsp3) is 0.261. The molecule has 0 aromatic heterocycles. The number of hydrogen-bond acceptors (Lipinski definition) is 9. The summed E-state index contributed by atoms with van der Waals surface area (Å²) in [6.45, 7) is 0.152. The summed E-state index contributed by atoms with van der Waals surface area (Å²) in [7, 11) is 1.55. The first-order chi connectivity index (χ1) is 28.1. The van der Waals surface area contributed by atoms with Crippen molar-refractivity contribution in [3.05, 3.63) is 152 Å². The van der Waals surface area contributed by atoms with E-state index in [0.717, 1.165) is 27.8 Å². The van der Waals surface area contributed by atoms with Crippen LogP contribution in [0.4, 0.5) is 10.5 Å². The molecule has 298 valence electrons. The lowest BCUT2D eigenvalue weighted by atomic mass is 9.87. The Labute approximate surface area is 335 Å². The molecule has 6 N–H and O–H groups in total. The summed E-state index contributed by atoms with van der Waals surface area (Å²) in [6.07, 6.45) is 0.0823. The predicted octanol–water partition coefficient (Wildman–Crippen LogP) is 5.41. The minimum absolute atomic E-state index is 0.0338. The predicted molar refractivity (Wildman–Crippen MR) is 218 cm³/mol. The van der Waals surface area contributed by atoms with E-state index in [4.69, 9.17) is 9.47 Å². The average Bonchev–Trinajstić information content (AvgIpc) is 3.37. The molecule has 0 radical (unpaired) electrons. The van der Waals surface area contributed by atoms with Crippen LogP contribution >= 0.6 is 0 Å². The largest absolute Gasteiger partial charge is 0.497 e. The van der Waals surface area contributed by atoms with E-state index in [-0.39, 0.29) is 37.1 Å². The molecule has 0 fully saturated rings. The van der Waals surface area contributed by atoms with Gasteiger partial charge >= 0.3 is 6.09 Å². The normalized spacial score (nSPS) is 14.5. The lowest BCUT2D eigenvalue weighted by Crippen LogP contribution is -2.46. The maximum absolute atomic E-state index is 14.2. The van der Waals surface area contributed by atoms with E-state index in [1.54, 1.807) is 43.5 Å². The molecule has 0 aliphatic heterocycles. The van der Waals surface area contributed by atoms with Crippen LogP contribution in [0.15, 0.2) is 102 Å². The summed E-state index contributed by atoms with van der Waals surface area (Å²) in [5.41, 5.74) is 7.84. The Morgan fingerprint density at radius 1 is 0.793 bits per heavy atom. The fourth-order valence-electron chi connectivity index (χ4n) is 8.27. The molecule has 1 unspecified atom stereocenters. The van der Waals surface area contributed by atoms with Gasteiger partial charge in [0.15, 0.2) is 0 Å². The van der Waals surface area contributed by atoms with Crippen LogP contribution in [0.5, 0.6) is 5.75 Å². The van der Waals surface area contributed by atoms with E-state index < -0.39 is 42.7 Å². The highest BCUT2D eigenvalue weighted by molar-refractivity contribution is 5.97. The van der Waals surface area contributed by atoms with Crippen molar-refractivity contribution < 1.29 is 39.2 Å². The van der Waals surface area contributed by atoms with Gasteiger partial charge in [-0.05, 0) is 104 Å². The lowest BCUT2D eigenvalue weighted by molar-refractivity contribution is -0.120. The van der Waals surface area contributed by atoms with E-state index in [1.165, 1.54) is 19.1 Å². The number of fused-ring (bicyclic) bond motifs is 6. The molecule has 58 heavy (non-hydrogen) atoms. The van der Waals surface area contributed by atoms with Crippen LogP contribution in [-0.2, 0) is 47.0 Å². The van der Waals surface area contributed by atoms with Gasteiger partial charge in [0, 0.05) is 19.3 Å². The number of carbonyl (C=O) groups excluding carboxylic acids is 3. The monoisotopic (exact) mass is 783 g/mol. The smallest absolute Gasteiger partial charge is 0.407 e. The van der Waals surface area contributed by atoms with Gasteiger partial charge in [-0.15, -0.1) is 0 Å². The van der Waals surface area contributed by atoms with Crippen molar-refractivity contribution in [2.24, 2.45) is 0 Å². The van der Waals surface area contributed by atoms with Crippen molar-refractivity contribution in [1.82, 2.24) is 10.6 Å². The molecule has 5 aromatic rings. The van der Waals surface area contributed by atoms with E-state index in [9.17, 15) is 34.5 Å². The number of anilines is 1. The minimum atomic E-state index is -1.18. The minimum Gasteiger partial charge on any atom is -0.497 e. The molecule has 0 heterocycles. The molecule has 2 aliphatic carbocycles. The lowest BCUT2D eigenvalue weighted by Gasteiger charge is -2.20. The average molecular weight is 784 g/mol. The van der Waals surface area contributed by atoms with Crippen LogP contribution in [0.1, 0.15) is 69.8 Å². The number of aryl methyl sites for hydroxylation is 1. The number of rotatable bonds is 12. The number of alkyl carbamates (subject to hydrolysis) is 1. The van der Waals surface area contributed by atoms with E-state index in [2.05, 4.69) is 16.0 Å². The van der Waals surface area contributed by atoms with Crippen molar-refractivity contribution in [1.29, 1.82) is 0 Å². The summed E-state index contributed by atoms with van der Waals surface area (Å²) in [6, 6.07) is 27.4. The van der Waals surface area contributed by atoms with Gasteiger partial charge in [0.25, 0.3) is 0 Å². The van der Waals surface area contributed by atoms with E-state index in [1.807, 2.05) is 48.5 Å². The van der Waals surface area contributed by atoms with Crippen LogP contribution in [0.2, 0.25) is 0 Å². The molecule has 7 rings (SSSR count). The topological polar surface area (TPSA) is 184 Å². The number of benzene rings is 4. The zero-order valence-electron chi connectivity index (χ0n) is 32.2. The Morgan fingerprint density at radius 3 is 2.09 bits per heavy atom. The van der Waals surface area contributed by atoms with Gasteiger partial charge in [-0.25, -0.2) is 4.79 Å². The Morgan fingerprint density at radius 2 is 1.47 bits per heavy atom. The number of aliphatic hydroxyl groups is 3. The van der Waals surface area contributed by atoms with Crippen LogP contribution in [0.3, 0.4) is 0 Å². The first kappa shape index (κ1) is 39.9. The van der Waals surface area contributed by atoms with Gasteiger partial charge in [0.05, 0.1) is 38.7 Å². The summed E-state index contributed by atoms with van der Waals surface area (Å²) >= 11 is 0. The van der Waals surface area contributed by atoms with Crippen molar-refractivity contribution in [3.8, 4) is 28.0 Å². The molecule has 0 spiro atoms. The van der Waals surface area contributed by atoms with Crippen LogP contribution in [0, 0.1) is 0 Å². The summed E-state index contributed by atoms with van der Waals surface area (Å²) < 4.78 is 11.1. The number of methoxy groups -OCH3 is 1. The molecular formula is C46H45N3O9.